The molecule has 1 amide bonds. The van der Waals surface area contributed by atoms with Crippen LogP contribution in [-0.4, -0.2) is 37.3 Å². The number of hydrogen-bond acceptors (Lipinski definition) is 6. The number of nitrogens with one attached hydrogen (secondary N) is 2. The van der Waals surface area contributed by atoms with E-state index in [9.17, 15) is 14.8 Å². The first-order chi connectivity index (χ1) is 9.49. The maximum atomic E-state index is 11.8. The lowest BCUT2D eigenvalue weighted by atomic mass is 10.1. The van der Waals surface area contributed by atoms with E-state index in [1.54, 1.807) is 6.92 Å². The second-order valence-corrected chi connectivity index (χ2v) is 3.71. The fourth-order valence-electron chi connectivity index (χ4n) is 1.48. The Kier molecular flexibility index (Phi) is 5.91. The molecule has 0 spiro atoms. The van der Waals surface area contributed by atoms with E-state index in [-0.39, 0.29) is 30.2 Å². The second-order valence-electron chi connectivity index (χ2n) is 3.71. The molecule has 20 heavy (non-hydrogen) atoms. The molecule has 110 valence electrons. The van der Waals surface area contributed by atoms with Crippen LogP contribution in [0, 0.1) is 5.21 Å². The summed E-state index contributed by atoms with van der Waals surface area (Å²) < 4.78 is 9.54. The van der Waals surface area contributed by atoms with E-state index in [2.05, 4.69) is 10.1 Å². The summed E-state index contributed by atoms with van der Waals surface area (Å²) in [5.74, 6) is -0.976. The highest BCUT2D eigenvalue weighted by molar-refractivity contribution is 5.96. The number of ether oxygens (including phenoxy) is 2. The number of carbonyl (C=O) groups is 2. The summed E-state index contributed by atoms with van der Waals surface area (Å²) in [6.45, 7) is 1.60. The molecule has 0 aromatic heterocycles. The molecule has 1 atom stereocenters. The molecule has 0 radical (unpaired) electrons. The molecule has 1 aromatic rings. The predicted octanol–water partition coefficient (Wildman–Crippen LogP) is -0.608. The van der Waals surface area contributed by atoms with Crippen molar-refractivity contribution in [1.82, 2.24) is 5.32 Å². The molecule has 3 N–H and O–H groups in total. The molecule has 1 aromatic carbocycles. The van der Waals surface area contributed by atoms with E-state index in [4.69, 9.17) is 9.94 Å². The number of carbonyl (C=O) groups excluding carboxylic acids is 2. The molecule has 0 saturated heterocycles. The average Bonchev–Trinajstić information content (AvgIpc) is 2.44. The van der Waals surface area contributed by atoms with Gasteiger partial charge >= 0.3 is 5.97 Å². The predicted molar refractivity (Wildman–Crippen MR) is 67.7 cm³/mol. The van der Waals surface area contributed by atoms with Crippen molar-refractivity contribution in [3.63, 3.8) is 0 Å². The third-order valence-electron chi connectivity index (χ3n) is 2.39. The van der Waals surface area contributed by atoms with Gasteiger partial charge in [-0.2, -0.15) is 5.23 Å². The van der Waals surface area contributed by atoms with Crippen LogP contribution >= 0.6 is 0 Å². The smallest absolute Gasteiger partial charge is 0.325 e. The van der Waals surface area contributed by atoms with E-state index in [0.29, 0.717) is 0 Å². The molecule has 8 heteroatoms. The largest absolute Gasteiger partial charge is 0.595 e. The molecule has 1 rings (SSSR count). The first kappa shape index (κ1) is 15.9. The molecule has 0 aliphatic rings. The SMILES string of the molecule is CCOC(=O)CNC(=O)c1ccc(OC)c([NH+]([O-])O)c1. The fraction of sp³-hybridized carbons (Fsp3) is 0.333. The Morgan fingerprint density at radius 3 is 2.70 bits per heavy atom. The van der Waals surface area contributed by atoms with Gasteiger partial charge in [0.05, 0.1) is 13.7 Å². The van der Waals surface area contributed by atoms with Gasteiger partial charge in [-0.15, -0.1) is 0 Å². The molecular formula is C12H16N2O6. The summed E-state index contributed by atoms with van der Waals surface area (Å²) in [5, 5.41) is 21.2. The average molecular weight is 284 g/mol. The van der Waals surface area contributed by atoms with Crippen LogP contribution in [0.3, 0.4) is 0 Å². The molecule has 0 aliphatic heterocycles. The molecule has 0 saturated carbocycles. The quantitative estimate of drug-likeness (QED) is 0.474. The first-order valence-corrected chi connectivity index (χ1v) is 5.84. The molecule has 0 bridgehead atoms. The summed E-state index contributed by atoms with van der Waals surface area (Å²) in [6, 6.07) is 3.97. The van der Waals surface area contributed by atoms with Crippen LogP contribution in [0.1, 0.15) is 17.3 Å². The van der Waals surface area contributed by atoms with Gasteiger partial charge in [-0.05, 0) is 19.1 Å². The highest BCUT2D eigenvalue weighted by Gasteiger charge is 2.15. The van der Waals surface area contributed by atoms with Crippen molar-refractivity contribution in [2.75, 3.05) is 20.3 Å². The van der Waals surface area contributed by atoms with E-state index in [1.807, 2.05) is 0 Å². The first-order valence-electron chi connectivity index (χ1n) is 5.84. The maximum Gasteiger partial charge on any atom is 0.325 e. The Labute approximate surface area is 115 Å². The minimum atomic E-state index is -1.21. The summed E-state index contributed by atoms with van der Waals surface area (Å²) in [5.41, 5.74) is -0.0104. The Hall–Kier alpha value is -2.16. The number of quaternary nitrogens is 1. The normalized spacial score (nSPS) is 11.6. The van der Waals surface area contributed by atoms with Gasteiger partial charge in [0, 0.05) is 11.6 Å². The Morgan fingerprint density at radius 2 is 2.15 bits per heavy atom. The zero-order chi connectivity index (χ0) is 15.1. The molecule has 1 unspecified atom stereocenters. The molecular weight excluding hydrogens is 268 g/mol. The van der Waals surface area contributed by atoms with Crippen LogP contribution in [0.25, 0.3) is 0 Å². The second kappa shape index (κ2) is 7.43. The minimum Gasteiger partial charge on any atom is -0.595 e. The Balaban J connectivity index is 2.78. The number of benzene rings is 1. The van der Waals surface area contributed by atoms with Gasteiger partial charge in [-0.3, -0.25) is 9.59 Å². The van der Waals surface area contributed by atoms with Crippen molar-refractivity contribution in [3.05, 3.63) is 29.0 Å². The number of hydrogen-bond donors (Lipinski definition) is 3. The molecule has 0 heterocycles. The number of esters is 1. The lowest BCUT2D eigenvalue weighted by Gasteiger charge is -2.15. The van der Waals surface area contributed by atoms with E-state index < -0.39 is 17.1 Å². The van der Waals surface area contributed by atoms with Gasteiger partial charge < -0.3 is 20.0 Å². The summed E-state index contributed by atoms with van der Waals surface area (Å²) in [7, 11) is 1.34. The van der Waals surface area contributed by atoms with Gasteiger partial charge in [-0.25, -0.2) is 5.21 Å². The van der Waals surface area contributed by atoms with Gasteiger partial charge in [-0.1, -0.05) is 0 Å². The van der Waals surface area contributed by atoms with Gasteiger partial charge in [0.15, 0.2) is 5.75 Å². The van der Waals surface area contributed by atoms with Crippen molar-refractivity contribution >= 4 is 17.6 Å². The topological polar surface area (TPSA) is 112 Å². The highest BCUT2D eigenvalue weighted by atomic mass is 16.8. The maximum absolute atomic E-state index is 11.8. The van der Waals surface area contributed by atoms with Crippen LogP contribution in [-0.2, 0) is 9.53 Å². The standard InChI is InChI=1S/C12H16N2O6/c1-3-20-11(15)7-13-12(16)8-4-5-10(19-2)9(6-8)14(17)18/h4-6,14,17H,3,7H2,1-2H3,(H,13,16). The Morgan fingerprint density at radius 1 is 1.45 bits per heavy atom. The van der Waals surface area contributed by atoms with Crippen LogP contribution in [0.2, 0.25) is 0 Å². The van der Waals surface area contributed by atoms with Gasteiger partial charge in [0.1, 0.15) is 6.54 Å². The van der Waals surface area contributed by atoms with Crippen molar-refractivity contribution in [3.8, 4) is 5.75 Å². The van der Waals surface area contributed by atoms with Crippen molar-refractivity contribution in [2.24, 2.45) is 0 Å². The van der Waals surface area contributed by atoms with E-state index in [1.165, 1.54) is 25.3 Å². The van der Waals surface area contributed by atoms with Crippen LogP contribution in [0.15, 0.2) is 18.2 Å². The van der Waals surface area contributed by atoms with Crippen molar-refractivity contribution in [2.45, 2.75) is 6.92 Å². The molecule has 0 fully saturated rings. The van der Waals surface area contributed by atoms with Crippen LogP contribution < -0.4 is 15.3 Å². The van der Waals surface area contributed by atoms with Crippen LogP contribution in [0.5, 0.6) is 5.75 Å². The van der Waals surface area contributed by atoms with E-state index in [0.717, 1.165) is 0 Å². The summed E-state index contributed by atoms with van der Waals surface area (Å²) in [4.78, 5) is 22.9. The number of amides is 1. The van der Waals surface area contributed by atoms with Crippen molar-refractivity contribution < 1.29 is 29.5 Å². The number of methoxy groups -OCH3 is 1. The van der Waals surface area contributed by atoms with Crippen LogP contribution in [0.4, 0.5) is 5.69 Å². The minimum absolute atomic E-state index is 0.118. The van der Waals surface area contributed by atoms with Gasteiger partial charge in [0.2, 0.25) is 5.69 Å². The third kappa shape index (κ3) is 4.19. The number of rotatable bonds is 6. The van der Waals surface area contributed by atoms with E-state index >= 15 is 0 Å². The highest BCUT2D eigenvalue weighted by Crippen LogP contribution is 2.21. The fourth-order valence-corrected chi connectivity index (χ4v) is 1.48. The molecule has 0 aliphatic carbocycles. The summed E-state index contributed by atoms with van der Waals surface area (Å²) in [6.07, 6.45) is 0. The van der Waals surface area contributed by atoms with Gasteiger partial charge in [0.25, 0.3) is 5.91 Å². The Bertz CT molecular complexity index is 489. The van der Waals surface area contributed by atoms with Crippen molar-refractivity contribution in [1.29, 1.82) is 0 Å². The zero-order valence-corrected chi connectivity index (χ0v) is 11.1. The monoisotopic (exact) mass is 284 g/mol. The third-order valence-corrected chi connectivity index (χ3v) is 2.39. The molecule has 8 nitrogen and oxygen atoms in total. The lowest BCUT2D eigenvalue weighted by molar-refractivity contribution is -0.991. The summed E-state index contributed by atoms with van der Waals surface area (Å²) >= 11 is 0. The lowest BCUT2D eigenvalue weighted by Crippen LogP contribution is -2.99. The zero-order valence-electron chi connectivity index (χ0n) is 11.1.